The standard InChI is InChI=1S/C14H25N5/c1-12(2)11-13-3-4-14(18-17-13)16-7-10-19-8-5-15-6-9-19/h3-4,12,15H,5-11H2,1-2H3,(H,16,18). The third kappa shape index (κ3) is 5.12. The second-order valence-electron chi connectivity index (χ2n) is 5.53. The SMILES string of the molecule is CC(C)Cc1ccc(NCCN2CCNCC2)nn1. The lowest BCUT2D eigenvalue weighted by molar-refractivity contribution is 0.249. The molecule has 2 heterocycles. The highest BCUT2D eigenvalue weighted by Gasteiger charge is 2.08. The highest BCUT2D eigenvalue weighted by molar-refractivity contribution is 5.32. The molecule has 1 fully saturated rings. The van der Waals surface area contributed by atoms with Crippen LogP contribution in [0.5, 0.6) is 0 Å². The van der Waals surface area contributed by atoms with E-state index in [-0.39, 0.29) is 0 Å². The van der Waals surface area contributed by atoms with E-state index in [0.29, 0.717) is 5.92 Å². The summed E-state index contributed by atoms with van der Waals surface area (Å²) in [5.74, 6) is 1.50. The van der Waals surface area contributed by atoms with Crippen LogP contribution in [0.4, 0.5) is 5.82 Å². The highest BCUT2D eigenvalue weighted by atomic mass is 15.2. The molecule has 1 saturated heterocycles. The van der Waals surface area contributed by atoms with Crippen molar-refractivity contribution in [2.75, 3.05) is 44.6 Å². The van der Waals surface area contributed by atoms with E-state index in [9.17, 15) is 0 Å². The Morgan fingerprint density at radius 3 is 2.68 bits per heavy atom. The number of nitrogens with one attached hydrogen (secondary N) is 2. The Bertz CT molecular complexity index is 357. The molecule has 106 valence electrons. The van der Waals surface area contributed by atoms with Gasteiger partial charge in [-0.25, -0.2) is 0 Å². The number of rotatable bonds is 6. The fourth-order valence-corrected chi connectivity index (χ4v) is 2.26. The van der Waals surface area contributed by atoms with Gasteiger partial charge in [0.05, 0.1) is 5.69 Å². The highest BCUT2D eigenvalue weighted by Crippen LogP contribution is 2.06. The van der Waals surface area contributed by atoms with Crippen LogP contribution in [0, 0.1) is 5.92 Å². The molecule has 1 aromatic rings. The first kappa shape index (κ1) is 14.2. The van der Waals surface area contributed by atoms with Crippen LogP contribution < -0.4 is 10.6 Å². The Labute approximate surface area is 115 Å². The van der Waals surface area contributed by atoms with Gasteiger partial charge in [0.15, 0.2) is 0 Å². The minimum absolute atomic E-state index is 0.626. The van der Waals surface area contributed by atoms with Gasteiger partial charge in [0.2, 0.25) is 0 Å². The largest absolute Gasteiger partial charge is 0.367 e. The van der Waals surface area contributed by atoms with Crippen molar-refractivity contribution >= 4 is 5.82 Å². The molecular formula is C14H25N5. The van der Waals surface area contributed by atoms with Gasteiger partial charge in [-0.15, -0.1) is 5.10 Å². The van der Waals surface area contributed by atoms with Crippen LogP contribution in [0.1, 0.15) is 19.5 Å². The third-order valence-electron chi connectivity index (χ3n) is 3.28. The van der Waals surface area contributed by atoms with Crippen molar-refractivity contribution in [3.63, 3.8) is 0 Å². The summed E-state index contributed by atoms with van der Waals surface area (Å²) in [6.07, 6.45) is 0.994. The molecule has 5 nitrogen and oxygen atoms in total. The van der Waals surface area contributed by atoms with E-state index in [2.05, 4.69) is 45.6 Å². The smallest absolute Gasteiger partial charge is 0.148 e. The first-order valence-electron chi connectivity index (χ1n) is 7.23. The van der Waals surface area contributed by atoms with Crippen molar-refractivity contribution in [1.29, 1.82) is 0 Å². The molecule has 0 bridgehead atoms. The van der Waals surface area contributed by atoms with Crippen molar-refractivity contribution in [2.45, 2.75) is 20.3 Å². The minimum atomic E-state index is 0.626. The normalized spacial score (nSPS) is 16.8. The second kappa shape index (κ2) is 7.40. The average molecular weight is 263 g/mol. The van der Waals surface area contributed by atoms with Crippen LogP contribution in [0.3, 0.4) is 0 Å². The number of nitrogens with zero attached hydrogens (tertiary/aromatic N) is 3. The van der Waals surface area contributed by atoms with Crippen molar-refractivity contribution in [3.8, 4) is 0 Å². The lowest BCUT2D eigenvalue weighted by Gasteiger charge is -2.27. The van der Waals surface area contributed by atoms with Gasteiger partial charge >= 0.3 is 0 Å². The number of aromatic nitrogens is 2. The fraction of sp³-hybridized carbons (Fsp3) is 0.714. The van der Waals surface area contributed by atoms with Gasteiger partial charge in [0.25, 0.3) is 0 Å². The van der Waals surface area contributed by atoms with Gasteiger partial charge in [-0.1, -0.05) is 13.8 Å². The molecule has 0 spiro atoms. The summed E-state index contributed by atoms with van der Waals surface area (Å²) in [4.78, 5) is 2.46. The molecule has 0 unspecified atom stereocenters. The summed E-state index contributed by atoms with van der Waals surface area (Å²) in [5.41, 5.74) is 1.07. The van der Waals surface area contributed by atoms with E-state index < -0.39 is 0 Å². The van der Waals surface area contributed by atoms with Crippen LogP contribution in [0.15, 0.2) is 12.1 Å². The zero-order valence-electron chi connectivity index (χ0n) is 12.0. The fourth-order valence-electron chi connectivity index (χ4n) is 2.26. The summed E-state index contributed by atoms with van der Waals surface area (Å²) in [5, 5.41) is 15.2. The maximum atomic E-state index is 4.25. The first-order chi connectivity index (χ1) is 9.24. The lowest BCUT2D eigenvalue weighted by Crippen LogP contribution is -2.45. The Kier molecular flexibility index (Phi) is 5.54. The molecule has 0 amide bonds. The molecule has 2 rings (SSSR count). The van der Waals surface area contributed by atoms with Crippen LogP contribution in [-0.2, 0) is 6.42 Å². The first-order valence-corrected chi connectivity index (χ1v) is 7.23. The van der Waals surface area contributed by atoms with Crippen LogP contribution in [0.2, 0.25) is 0 Å². The molecule has 1 aromatic heterocycles. The summed E-state index contributed by atoms with van der Waals surface area (Å²) in [7, 11) is 0. The molecule has 2 N–H and O–H groups in total. The molecule has 1 aliphatic rings. The van der Waals surface area contributed by atoms with Gasteiger partial charge in [0.1, 0.15) is 5.82 Å². The van der Waals surface area contributed by atoms with Gasteiger partial charge < -0.3 is 10.6 Å². The molecule has 0 saturated carbocycles. The van der Waals surface area contributed by atoms with Gasteiger partial charge in [-0.2, -0.15) is 5.10 Å². The van der Waals surface area contributed by atoms with Crippen LogP contribution in [-0.4, -0.2) is 54.4 Å². The van der Waals surface area contributed by atoms with Crippen molar-refractivity contribution in [2.24, 2.45) is 5.92 Å². The molecule has 5 heteroatoms. The molecule has 19 heavy (non-hydrogen) atoms. The van der Waals surface area contributed by atoms with E-state index in [1.807, 2.05) is 6.07 Å². The molecule has 0 aromatic carbocycles. The Balaban J connectivity index is 1.70. The summed E-state index contributed by atoms with van der Waals surface area (Å²) < 4.78 is 0. The van der Waals surface area contributed by atoms with E-state index in [1.165, 1.54) is 0 Å². The predicted octanol–water partition coefficient (Wildman–Crippen LogP) is 0.992. The van der Waals surface area contributed by atoms with E-state index >= 15 is 0 Å². The van der Waals surface area contributed by atoms with Gasteiger partial charge in [0, 0.05) is 39.3 Å². The number of piperazine rings is 1. The van der Waals surface area contributed by atoms with Crippen molar-refractivity contribution in [3.05, 3.63) is 17.8 Å². The Morgan fingerprint density at radius 2 is 2.05 bits per heavy atom. The molecule has 0 radical (unpaired) electrons. The molecule has 0 aliphatic carbocycles. The maximum absolute atomic E-state index is 4.25. The third-order valence-corrected chi connectivity index (χ3v) is 3.28. The van der Waals surface area contributed by atoms with Crippen LogP contribution in [0.25, 0.3) is 0 Å². The molecular weight excluding hydrogens is 238 g/mol. The van der Waals surface area contributed by atoms with Gasteiger partial charge in [-0.05, 0) is 24.5 Å². The van der Waals surface area contributed by atoms with E-state index in [4.69, 9.17) is 0 Å². The minimum Gasteiger partial charge on any atom is -0.367 e. The van der Waals surface area contributed by atoms with E-state index in [0.717, 1.165) is 57.2 Å². The summed E-state index contributed by atoms with van der Waals surface area (Å²) in [6, 6.07) is 4.10. The summed E-state index contributed by atoms with van der Waals surface area (Å²) in [6.45, 7) is 10.9. The number of hydrogen-bond donors (Lipinski definition) is 2. The van der Waals surface area contributed by atoms with Crippen molar-refractivity contribution < 1.29 is 0 Å². The number of hydrogen-bond acceptors (Lipinski definition) is 5. The number of anilines is 1. The predicted molar refractivity (Wildman–Crippen MR) is 78.4 cm³/mol. The van der Waals surface area contributed by atoms with Crippen molar-refractivity contribution in [1.82, 2.24) is 20.4 Å². The Morgan fingerprint density at radius 1 is 1.26 bits per heavy atom. The van der Waals surface area contributed by atoms with Gasteiger partial charge in [-0.3, -0.25) is 4.90 Å². The van der Waals surface area contributed by atoms with Crippen LogP contribution >= 0.6 is 0 Å². The second-order valence-corrected chi connectivity index (χ2v) is 5.53. The lowest BCUT2D eigenvalue weighted by atomic mass is 10.1. The average Bonchev–Trinajstić information content (AvgIpc) is 2.41. The zero-order valence-corrected chi connectivity index (χ0v) is 12.0. The molecule has 0 atom stereocenters. The quantitative estimate of drug-likeness (QED) is 0.802. The topological polar surface area (TPSA) is 53.1 Å². The molecule has 1 aliphatic heterocycles. The summed E-state index contributed by atoms with van der Waals surface area (Å²) >= 11 is 0. The maximum Gasteiger partial charge on any atom is 0.148 e. The van der Waals surface area contributed by atoms with E-state index in [1.54, 1.807) is 0 Å². The monoisotopic (exact) mass is 263 g/mol. The zero-order chi connectivity index (χ0) is 13.5. The Hall–Kier alpha value is -1.20.